The predicted molar refractivity (Wildman–Crippen MR) is 143 cm³/mol. The monoisotopic (exact) mass is 528 g/mol. The molecule has 3 rings (SSSR count). The maximum Gasteiger partial charge on any atom is 0.328 e. The van der Waals surface area contributed by atoms with E-state index in [4.69, 9.17) is 15.2 Å². The van der Waals surface area contributed by atoms with Crippen LogP contribution in [0.15, 0.2) is 29.1 Å². The average Bonchev–Trinajstić information content (AvgIpc) is 2.88. The molecule has 12 nitrogen and oxygen atoms in total. The standard InChI is InChI=1S/C26H36N6O6/c1-5-37-21(33)14-13-20(25(36)38-6-2)28-23(34)16-7-9-17(10-8-16)31(3)15-18-11-12-19-22(32(18)4)24(35)30-26(27)29-19/h7-10,18,20H,5-6,11-15H2,1-4H3,(H,28,34)(H3,27,29,30,35). The van der Waals surface area contributed by atoms with E-state index in [1.54, 1.807) is 26.0 Å². The van der Waals surface area contributed by atoms with Gasteiger partial charge in [0.25, 0.3) is 11.5 Å². The minimum absolute atomic E-state index is 0.0171. The molecule has 0 aliphatic carbocycles. The van der Waals surface area contributed by atoms with Gasteiger partial charge in [-0.25, -0.2) is 9.78 Å². The number of carbonyl (C=O) groups excluding carboxylic acids is 3. The quantitative estimate of drug-likeness (QED) is 0.362. The highest BCUT2D eigenvalue weighted by Crippen LogP contribution is 2.26. The third-order valence-electron chi connectivity index (χ3n) is 6.47. The molecule has 4 N–H and O–H groups in total. The number of aromatic amines is 1. The van der Waals surface area contributed by atoms with Crippen molar-refractivity contribution in [2.45, 2.75) is 51.6 Å². The molecule has 2 aromatic rings. The number of nitrogens with one attached hydrogen (secondary N) is 2. The van der Waals surface area contributed by atoms with Gasteiger partial charge in [-0.05, 0) is 57.4 Å². The molecule has 2 atom stereocenters. The Morgan fingerprint density at radius 3 is 2.55 bits per heavy atom. The molecule has 38 heavy (non-hydrogen) atoms. The van der Waals surface area contributed by atoms with E-state index in [0.717, 1.165) is 12.1 Å². The van der Waals surface area contributed by atoms with Crippen molar-refractivity contribution in [3.63, 3.8) is 0 Å². The largest absolute Gasteiger partial charge is 0.466 e. The zero-order chi connectivity index (χ0) is 27.8. The van der Waals surface area contributed by atoms with Gasteiger partial charge >= 0.3 is 11.9 Å². The second-order valence-electron chi connectivity index (χ2n) is 9.10. The number of nitrogen functional groups attached to an aromatic ring is 1. The zero-order valence-corrected chi connectivity index (χ0v) is 22.3. The van der Waals surface area contributed by atoms with Crippen LogP contribution in [0.3, 0.4) is 0 Å². The number of aryl methyl sites for hydroxylation is 1. The lowest BCUT2D eigenvalue weighted by molar-refractivity contribution is -0.146. The maximum absolute atomic E-state index is 12.8. The molecule has 0 bridgehead atoms. The summed E-state index contributed by atoms with van der Waals surface area (Å²) < 4.78 is 9.96. The van der Waals surface area contributed by atoms with Crippen LogP contribution in [-0.2, 0) is 25.5 Å². The van der Waals surface area contributed by atoms with Crippen LogP contribution in [0.1, 0.15) is 49.2 Å². The summed E-state index contributed by atoms with van der Waals surface area (Å²) in [4.78, 5) is 60.1. The van der Waals surface area contributed by atoms with Gasteiger partial charge in [0.15, 0.2) is 0 Å². The van der Waals surface area contributed by atoms with E-state index < -0.39 is 23.9 Å². The molecule has 1 aliphatic heterocycles. The van der Waals surface area contributed by atoms with E-state index in [2.05, 4.69) is 15.3 Å². The number of hydrogen-bond donors (Lipinski definition) is 3. The number of nitrogens with zero attached hydrogens (tertiary/aromatic N) is 3. The number of anilines is 3. The SMILES string of the molecule is CCOC(=O)CCC(NC(=O)c1ccc(N(C)CC2CCc3nc(N)[nH]c(=O)c3N2C)cc1)C(=O)OCC. The maximum atomic E-state index is 12.8. The summed E-state index contributed by atoms with van der Waals surface area (Å²) >= 11 is 0. The predicted octanol–water partition coefficient (Wildman–Crippen LogP) is 1.24. The van der Waals surface area contributed by atoms with Crippen molar-refractivity contribution in [1.29, 1.82) is 0 Å². The first-order valence-electron chi connectivity index (χ1n) is 12.7. The fourth-order valence-electron chi connectivity index (χ4n) is 4.48. The van der Waals surface area contributed by atoms with Gasteiger partial charge in [-0.2, -0.15) is 0 Å². The van der Waals surface area contributed by atoms with Crippen LogP contribution in [0.25, 0.3) is 0 Å². The molecule has 0 saturated heterocycles. The summed E-state index contributed by atoms with van der Waals surface area (Å²) in [6, 6.07) is 6.09. The highest BCUT2D eigenvalue weighted by Gasteiger charge is 2.28. The van der Waals surface area contributed by atoms with Gasteiger partial charge in [0.1, 0.15) is 11.7 Å². The highest BCUT2D eigenvalue weighted by atomic mass is 16.5. The van der Waals surface area contributed by atoms with Crippen LogP contribution in [0, 0.1) is 0 Å². The number of aromatic nitrogens is 2. The minimum atomic E-state index is -0.966. The summed E-state index contributed by atoms with van der Waals surface area (Å²) in [7, 11) is 3.81. The number of H-pyrrole nitrogens is 1. The minimum Gasteiger partial charge on any atom is -0.466 e. The van der Waals surface area contributed by atoms with E-state index in [-0.39, 0.29) is 43.6 Å². The number of carbonyl (C=O) groups is 3. The number of likely N-dealkylation sites (N-methyl/N-ethyl adjacent to an activating group) is 2. The summed E-state index contributed by atoms with van der Waals surface area (Å²) in [5.74, 6) is -1.37. The third kappa shape index (κ3) is 7.02. The van der Waals surface area contributed by atoms with E-state index in [1.807, 2.05) is 36.0 Å². The van der Waals surface area contributed by atoms with E-state index >= 15 is 0 Å². The van der Waals surface area contributed by atoms with Crippen molar-refractivity contribution in [2.24, 2.45) is 0 Å². The summed E-state index contributed by atoms with van der Waals surface area (Å²) in [6.07, 6.45) is 1.53. The number of nitrogens with two attached hydrogens (primary N) is 1. The van der Waals surface area contributed by atoms with Crippen LogP contribution in [0.4, 0.5) is 17.3 Å². The molecular formula is C26H36N6O6. The number of fused-ring (bicyclic) bond motifs is 1. The summed E-state index contributed by atoms with van der Waals surface area (Å²) in [5.41, 5.74) is 7.92. The second-order valence-corrected chi connectivity index (χ2v) is 9.10. The number of benzene rings is 1. The average molecular weight is 529 g/mol. The molecule has 0 spiro atoms. The van der Waals surface area contributed by atoms with Gasteiger partial charge in [-0.15, -0.1) is 0 Å². The van der Waals surface area contributed by atoms with E-state index in [9.17, 15) is 19.2 Å². The fourth-order valence-corrected chi connectivity index (χ4v) is 4.48. The molecule has 0 fully saturated rings. The lowest BCUT2D eigenvalue weighted by atomic mass is 10.0. The van der Waals surface area contributed by atoms with Crippen molar-refractivity contribution < 1.29 is 23.9 Å². The Morgan fingerprint density at radius 1 is 1.21 bits per heavy atom. The molecule has 0 radical (unpaired) electrons. The molecule has 2 heterocycles. The van der Waals surface area contributed by atoms with Crippen LogP contribution >= 0.6 is 0 Å². The van der Waals surface area contributed by atoms with E-state index in [0.29, 0.717) is 29.9 Å². The van der Waals surface area contributed by atoms with Gasteiger partial charge in [-0.1, -0.05) is 0 Å². The van der Waals surface area contributed by atoms with Crippen LogP contribution in [-0.4, -0.2) is 73.8 Å². The Hall–Kier alpha value is -4.09. The molecule has 1 aliphatic rings. The molecule has 1 aromatic heterocycles. The molecule has 0 saturated carbocycles. The lowest BCUT2D eigenvalue weighted by Gasteiger charge is -2.37. The molecule has 12 heteroatoms. The van der Waals surface area contributed by atoms with E-state index in [1.165, 1.54) is 0 Å². The smallest absolute Gasteiger partial charge is 0.328 e. The first-order chi connectivity index (χ1) is 18.1. The van der Waals surface area contributed by atoms with Crippen molar-refractivity contribution in [2.75, 3.05) is 49.4 Å². The third-order valence-corrected chi connectivity index (χ3v) is 6.47. The van der Waals surface area contributed by atoms with Crippen LogP contribution in [0.2, 0.25) is 0 Å². The molecule has 1 aromatic carbocycles. The molecule has 1 amide bonds. The highest BCUT2D eigenvalue weighted by molar-refractivity contribution is 5.97. The van der Waals surface area contributed by atoms with Gasteiger partial charge in [0.05, 0.1) is 18.9 Å². The van der Waals surface area contributed by atoms with Crippen LogP contribution in [0.5, 0.6) is 0 Å². The first-order valence-corrected chi connectivity index (χ1v) is 12.7. The number of esters is 2. The second kappa shape index (κ2) is 12.9. The molecule has 206 valence electrons. The van der Waals surface area contributed by atoms with Gasteiger partial charge in [0, 0.05) is 44.4 Å². The Kier molecular flexibility index (Phi) is 9.69. The number of ether oxygens (including phenoxy) is 2. The Labute approximate surface area is 221 Å². The zero-order valence-electron chi connectivity index (χ0n) is 22.3. The summed E-state index contributed by atoms with van der Waals surface area (Å²) in [5, 5.41) is 2.67. The van der Waals surface area contributed by atoms with Crippen molar-refractivity contribution in [3.8, 4) is 0 Å². The van der Waals surface area contributed by atoms with Gasteiger partial charge < -0.3 is 30.3 Å². The Bertz CT molecular complexity index is 1200. The lowest BCUT2D eigenvalue weighted by Crippen LogP contribution is -2.46. The van der Waals surface area contributed by atoms with Crippen LogP contribution < -0.4 is 26.4 Å². The molecular weight excluding hydrogens is 492 g/mol. The Morgan fingerprint density at radius 2 is 1.89 bits per heavy atom. The Balaban J connectivity index is 1.63. The fraction of sp³-hybridized carbons (Fsp3) is 0.500. The number of amides is 1. The van der Waals surface area contributed by atoms with Gasteiger partial charge in [0.2, 0.25) is 5.95 Å². The van der Waals surface area contributed by atoms with Gasteiger partial charge in [-0.3, -0.25) is 19.4 Å². The normalized spacial score (nSPS) is 15.3. The van der Waals surface area contributed by atoms with Crippen molar-refractivity contribution in [3.05, 3.63) is 45.9 Å². The topological polar surface area (TPSA) is 160 Å². The number of rotatable bonds is 11. The van der Waals surface area contributed by atoms with Crippen molar-refractivity contribution in [1.82, 2.24) is 15.3 Å². The molecule has 2 unspecified atom stereocenters. The first kappa shape index (κ1) is 28.5. The summed E-state index contributed by atoms with van der Waals surface area (Å²) in [6.45, 7) is 4.42. The van der Waals surface area contributed by atoms with Crippen molar-refractivity contribution >= 4 is 35.2 Å². The number of hydrogen-bond acceptors (Lipinski definition) is 10.